The summed E-state index contributed by atoms with van der Waals surface area (Å²) in [7, 11) is 0. The number of carbonyl (C=O) groups is 1. The van der Waals surface area contributed by atoms with Crippen LogP contribution in [0.3, 0.4) is 0 Å². The van der Waals surface area contributed by atoms with E-state index in [0.717, 1.165) is 6.07 Å². The summed E-state index contributed by atoms with van der Waals surface area (Å²) in [4.78, 5) is 12.1. The largest absolute Gasteiger partial charge is 0.321 e. The monoisotopic (exact) mass is 368 g/mol. The van der Waals surface area contributed by atoms with Crippen molar-refractivity contribution in [3.63, 3.8) is 0 Å². The first-order valence-corrected chi connectivity index (χ1v) is 7.38. The molecule has 7 heteroatoms. The van der Waals surface area contributed by atoms with Gasteiger partial charge in [-0.2, -0.15) is 5.26 Å². The van der Waals surface area contributed by atoms with Crippen molar-refractivity contribution in [3.8, 4) is 6.07 Å². The van der Waals surface area contributed by atoms with Gasteiger partial charge in [0.25, 0.3) is 5.91 Å². The second kappa shape index (κ2) is 7.47. The number of halogens is 4. The molecule has 0 saturated carbocycles. The van der Waals surface area contributed by atoms with Crippen LogP contribution in [0.1, 0.15) is 5.56 Å². The summed E-state index contributed by atoms with van der Waals surface area (Å²) >= 11 is 17.7. The Morgan fingerprint density at radius 3 is 2.35 bits per heavy atom. The molecule has 0 spiro atoms. The maximum absolute atomic E-state index is 13.1. The van der Waals surface area contributed by atoms with Gasteiger partial charge in [0.2, 0.25) is 0 Å². The summed E-state index contributed by atoms with van der Waals surface area (Å²) in [6.07, 6.45) is 1.28. The molecule has 3 nitrogen and oxygen atoms in total. The van der Waals surface area contributed by atoms with Crippen LogP contribution in [-0.4, -0.2) is 5.91 Å². The van der Waals surface area contributed by atoms with Crippen molar-refractivity contribution in [2.75, 3.05) is 5.32 Å². The fourth-order valence-corrected chi connectivity index (χ4v) is 2.40. The molecule has 2 aromatic carbocycles. The molecule has 1 amide bonds. The van der Waals surface area contributed by atoms with E-state index in [1.165, 1.54) is 18.2 Å². The van der Waals surface area contributed by atoms with Crippen molar-refractivity contribution in [1.29, 1.82) is 5.26 Å². The number of anilines is 1. The molecule has 0 atom stereocenters. The molecule has 0 radical (unpaired) electrons. The van der Waals surface area contributed by atoms with Crippen molar-refractivity contribution in [3.05, 3.63) is 68.4 Å². The summed E-state index contributed by atoms with van der Waals surface area (Å²) in [5.74, 6) is -1.30. The third-order valence-corrected chi connectivity index (χ3v) is 3.78. The predicted octanol–water partition coefficient (Wildman–Crippen LogP) is 5.33. The van der Waals surface area contributed by atoms with E-state index in [2.05, 4.69) is 5.32 Å². The molecule has 0 unspecified atom stereocenters. The molecule has 2 rings (SSSR count). The van der Waals surface area contributed by atoms with Crippen LogP contribution in [0.15, 0.2) is 42.0 Å². The summed E-state index contributed by atoms with van der Waals surface area (Å²) in [5, 5.41) is 12.1. The zero-order chi connectivity index (χ0) is 17.0. The van der Waals surface area contributed by atoms with Crippen molar-refractivity contribution >= 4 is 52.5 Å². The van der Waals surface area contributed by atoms with Gasteiger partial charge in [0.05, 0.1) is 5.02 Å². The third-order valence-electron chi connectivity index (χ3n) is 2.83. The zero-order valence-corrected chi connectivity index (χ0v) is 13.7. The number of rotatable bonds is 3. The minimum atomic E-state index is -0.689. The Morgan fingerprint density at radius 2 is 1.78 bits per heavy atom. The zero-order valence-electron chi connectivity index (χ0n) is 11.4. The summed E-state index contributed by atoms with van der Waals surface area (Å²) in [6, 6.07) is 10.3. The maximum atomic E-state index is 13.1. The molecule has 0 aliphatic carbocycles. The van der Waals surface area contributed by atoms with Gasteiger partial charge < -0.3 is 5.32 Å². The molecule has 2 aromatic rings. The second-order valence-electron chi connectivity index (χ2n) is 4.39. The first kappa shape index (κ1) is 17.3. The van der Waals surface area contributed by atoms with Crippen LogP contribution in [0.25, 0.3) is 6.08 Å². The highest BCUT2D eigenvalue weighted by Crippen LogP contribution is 2.27. The molecule has 116 valence electrons. The fraction of sp³-hybridized carbons (Fsp3) is 0. The lowest BCUT2D eigenvalue weighted by molar-refractivity contribution is -0.112. The number of hydrogen-bond acceptors (Lipinski definition) is 2. The van der Waals surface area contributed by atoms with Crippen LogP contribution in [0.2, 0.25) is 15.1 Å². The highest BCUT2D eigenvalue weighted by molar-refractivity contribution is 6.37. The van der Waals surface area contributed by atoms with Crippen LogP contribution in [0.5, 0.6) is 0 Å². The van der Waals surface area contributed by atoms with Crippen molar-refractivity contribution < 1.29 is 9.18 Å². The number of carbonyl (C=O) groups excluding carboxylic acids is 1. The molecule has 23 heavy (non-hydrogen) atoms. The van der Waals surface area contributed by atoms with Crippen LogP contribution in [0, 0.1) is 17.1 Å². The van der Waals surface area contributed by atoms with Gasteiger partial charge in [0.15, 0.2) is 0 Å². The second-order valence-corrected chi connectivity index (χ2v) is 5.61. The lowest BCUT2D eigenvalue weighted by atomic mass is 10.1. The van der Waals surface area contributed by atoms with Gasteiger partial charge in [-0.15, -0.1) is 0 Å². The summed E-state index contributed by atoms with van der Waals surface area (Å²) < 4.78 is 13.1. The first-order chi connectivity index (χ1) is 10.9. The van der Waals surface area contributed by atoms with Crippen molar-refractivity contribution in [2.45, 2.75) is 0 Å². The molecule has 1 N–H and O–H groups in total. The summed E-state index contributed by atoms with van der Waals surface area (Å²) in [5.41, 5.74) is 0.410. The Hall–Kier alpha value is -2.06. The maximum Gasteiger partial charge on any atom is 0.266 e. The van der Waals surface area contributed by atoms with Crippen LogP contribution in [-0.2, 0) is 4.79 Å². The van der Waals surface area contributed by atoms with E-state index in [0.29, 0.717) is 15.6 Å². The Morgan fingerprint density at radius 1 is 1.13 bits per heavy atom. The van der Waals surface area contributed by atoms with Crippen LogP contribution >= 0.6 is 34.8 Å². The Labute approximate surface area is 146 Å². The molecular weight excluding hydrogens is 362 g/mol. The first-order valence-electron chi connectivity index (χ1n) is 6.24. The minimum Gasteiger partial charge on any atom is -0.321 e. The quantitative estimate of drug-likeness (QED) is 0.587. The normalized spacial score (nSPS) is 11.0. The molecule has 0 saturated heterocycles. The van der Waals surface area contributed by atoms with Gasteiger partial charge in [0.1, 0.15) is 17.5 Å². The molecule has 0 bridgehead atoms. The SMILES string of the molecule is N#C/C(=C/c1c(Cl)cccc1Cl)C(=O)Nc1ccc(F)c(Cl)c1. The van der Waals surface area contributed by atoms with Gasteiger partial charge in [-0.05, 0) is 36.4 Å². The van der Waals surface area contributed by atoms with E-state index in [4.69, 9.17) is 40.1 Å². The standard InChI is InChI=1S/C16H8Cl3FN2O/c17-12-2-1-3-13(18)11(12)6-9(8-21)16(23)22-10-4-5-15(20)14(19)7-10/h1-7H,(H,22,23)/b9-6-. The average Bonchev–Trinajstić information content (AvgIpc) is 2.50. The molecule has 0 heterocycles. The molecular formula is C16H8Cl3FN2O. The Bertz CT molecular complexity index is 823. The minimum absolute atomic E-state index is 0.139. The third kappa shape index (κ3) is 4.23. The lowest BCUT2D eigenvalue weighted by Crippen LogP contribution is -2.13. The molecule has 0 aliphatic rings. The van der Waals surface area contributed by atoms with Gasteiger partial charge in [0, 0.05) is 21.3 Å². The van der Waals surface area contributed by atoms with E-state index in [9.17, 15) is 9.18 Å². The van der Waals surface area contributed by atoms with Gasteiger partial charge in [-0.3, -0.25) is 4.79 Å². The highest BCUT2D eigenvalue weighted by atomic mass is 35.5. The molecule has 0 fully saturated rings. The van der Waals surface area contributed by atoms with Gasteiger partial charge in [-0.1, -0.05) is 40.9 Å². The molecule has 0 aliphatic heterocycles. The number of benzene rings is 2. The van der Waals surface area contributed by atoms with Crippen LogP contribution < -0.4 is 5.32 Å². The fourth-order valence-electron chi connectivity index (χ4n) is 1.71. The number of nitrogens with one attached hydrogen (secondary N) is 1. The lowest BCUT2D eigenvalue weighted by Gasteiger charge is -2.06. The number of nitriles is 1. The number of hydrogen-bond donors (Lipinski definition) is 1. The van der Waals surface area contributed by atoms with Crippen molar-refractivity contribution in [1.82, 2.24) is 0 Å². The van der Waals surface area contributed by atoms with E-state index >= 15 is 0 Å². The number of amides is 1. The Kier molecular flexibility index (Phi) is 5.62. The van der Waals surface area contributed by atoms with Crippen LogP contribution in [0.4, 0.5) is 10.1 Å². The van der Waals surface area contributed by atoms with Gasteiger partial charge in [-0.25, -0.2) is 4.39 Å². The van der Waals surface area contributed by atoms with E-state index in [-0.39, 0.29) is 16.3 Å². The smallest absolute Gasteiger partial charge is 0.266 e. The molecule has 0 aromatic heterocycles. The summed E-state index contributed by atoms with van der Waals surface area (Å²) in [6.45, 7) is 0. The van der Waals surface area contributed by atoms with E-state index in [1.807, 2.05) is 0 Å². The van der Waals surface area contributed by atoms with Gasteiger partial charge >= 0.3 is 0 Å². The van der Waals surface area contributed by atoms with E-state index < -0.39 is 11.7 Å². The van der Waals surface area contributed by atoms with E-state index in [1.54, 1.807) is 24.3 Å². The Balaban J connectivity index is 2.30. The predicted molar refractivity (Wildman–Crippen MR) is 90.1 cm³/mol. The highest BCUT2D eigenvalue weighted by Gasteiger charge is 2.13. The number of nitrogens with zero attached hydrogens (tertiary/aromatic N) is 1. The average molecular weight is 370 g/mol. The topological polar surface area (TPSA) is 52.9 Å². The van der Waals surface area contributed by atoms with Crippen molar-refractivity contribution in [2.24, 2.45) is 0 Å².